The standard InChI is InChI=1S/C12H7ClF4N2/c13-7-3-6(1-2-8(7)14)5-18-12-10(16)4-9(15)11(17)19-12/h1-4H,5H2,(H,18,19). The van der Waals surface area contributed by atoms with Gasteiger partial charge in [0.2, 0.25) is 0 Å². The van der Waals surface area contributed by atoms with Gasteiger partial charge < -0.3 is 5.32 Å². The van der Waals surface area contributed by atoms with Gasteiger partial charge in [-0.1, -0.05) is 17.7 Å². The Kier molecular flexibility index (Phi) is 3.90. The summed E-state index contributed by atoms with van der Waals surface area (Å²) in [4.78, 5) is 3.09. The van der Waals surface area contributed by atoms with Crippen molar-refractivity contribution in [2.75, 3.05) is 5.32 Å². The molecule has 19 heavy (non-hydrogen) atoms. The van der Waals surface area contributed by atoms with E-state index in [0.717, 1.165) is 6.07 Å². The molecule has 7 heteroatoms. The highest BCUT2D eigenvalue weighted by Gasteiger charge is 2.11. The summed E-state index contributed by atoms with van der Waals surface area (Å²) in [6.07, 6.45) is 0. The number of nitrogens with zero attached hydrogens (tertiary/aromatic N) is 1. The van der Waals surface area contributed by atoms with E-state index in [2.05, 4.69) is 10.3 Å². The molecule has 1 N–H and O–H groups in total. The minimum Gasteiger partial charge on any atom is -0.363 e. The zero-order chi connectivity index (χ0) is 14.0. The maximum absolute atomic E-state index is 13.3. The third kappa shape index (κ3) is 3.14. The van der Waals surface area contributed by atoms with E-state index >= 15 is 0 Å². The molecule has 1 aromatic heterocycles. The molecule has 0 radical (unpaired) electrons. The van der Waals surface area contributed by atoms with Gasteiger partial charge >= 0.3 is 0 Å². The second kappa shape index (κ2) is 5.44. The van der Waals surface area contributed by atoms with Crippen molar-refractivity contribution in [3.63, 3.8) is 0 Å². The molecule has 2 nitrogen and oxygen atoms in total. The monoisotopic (exact) mass is 290 g/mol. The molecular formula is C12H7ClF4N2. The van der Waals surface area contributed by atoms with Crippen molar-refractivity contribution in [1.82, 2.24) is 4.98 Å². The Balaban J connectivity index is 2.14. The van der Waals surface area contributed by atoms with Gasteiger partial charge in [0, 0.05) is 12.6 Å². The Hall–Kier alpha value is -1.82. The van der Waals surface area contributed by atoms with E-state index in [0.29, 0.717) is 11.6 Å². The summed E-state index contributed by atoms with van der Waals surface area (Å²) in [5.74, 6) is -4.80. The predicted molar refractivity (Wildman–Crippen MR) is 62.8 cm³/mol. The molecule has 1 aromatic carbocycles. The molecule has 2 aromatic rings. The molecule has 0 bridgehead atoms. The number of hydrogen-bond acceptors (Lipinski definition) is 2. The highest BCUT2D eigenvalue weighted by molar-refractivity contribution is 6.30. The summed E-state index contributed by atoms with van der Waals surface area (Å²) in [6.45, 7) is 0.0367. The van der Waals surface area contributed by atoms with E-state index in [4.69, 9.17) is 11.6 Å². The van der Waals surface area contributed by atoms with Gasteiger partial charge in [0.25, 0.3) is 5.95 Å². The van der Waals surface area contributed by atoms with Crippen molar-refractivity contribution in [1.29, 1.82) is 0 Å². The van der Waals surface area contributed by atoms with E-state index in [1.807, 2.05) is 0 Å². The summed E-state index contributed by atoms with van der Waals surface area (Å²) < 4.78 is 51.7. The van der Waals surface area contributed by atoms with Crippen LogP contribution in [0.4, 0.5) is 23.4 Å². The van der Waals surface area contributed by atoms with Gasteiger partial charge in [0.15, 0.2) is 17.5 Å². The van der Waals surface area contributed by atoms with E-state index in [1.165, 1.54) is 12.1 Å². The Bertz CT molecular complexity index is 619. The summed E-state index contributed by atoms with van der Waals surface area (Å²) >= 11 is 5.57. The maximum atomic E-state index is 13.3. The molecule has 0 spiro atoms. The van der Waals surface area contributed by atoms with Crippen LogP contribution in [0.1, 0.15) is 5.56 Å². The number of aromatic nitrogens is 1. The number of anilines is 1. The summed E-state index contributed by atoms with van der Waals surface area (Å²) in [6, 6.07) is 4.30. The minimum absolute atomic E-state index is 0.0367. The first-order valence-electron chi connectivity index (χ1n) is 5.16. The SMILES string of the molecule is Fc1ccc(CNc2nc(F)c(F)cc2F)cc1Cl. The lowest BCUT2D eigenvalue weighted by atomic mass is 10.2. The van der Waals surface area contributed by atoms with Gasteiger partial charge in [-0.05, 0) is 17.7 Å². The number of halogens is 5. The first-order valence-corrected chi connectivity index (χ1v) is 5.54. The normalized spacial score (nSPS) is 10.6. The molecule has 0 aliphatic carbocycles. The summed E-state index contributed by atoms with van der Waals surface area (Å²) in [5, 5.41) is 2.38. The Labute approximate surface area is 111 Å². The fraction of sp³-hybridized carbons (Fsp3) is 0.0833. The smallest absolute Gasteiger partial charge is 0.251 e. The first-order chi connectivity index (χ1) is 8.97. The van der Waals surface area contributed by atoms with Crippen molar-refractivity contribution >= 4 is 17.4 Å². The van der Waals surface area contributed by atoms with Crippen LogP contribution >= 0.6 is 11.6 Å². The van der Waals surface area contributed by atoms with Crippen molar-refractivity contribution in [2.45, 2.75) is 6.54 Å². The molecule has 0 aliphatic rings. The van der Waals surface area contributed by atoms with Crippen molar-refractivity contribution in [2.24, 2.45) is 0 Å². The third-order valence-electron chi connectivity index (χ3n) is 2.33. The lowest BCUT2D eigenvalue weighted by Crippen LogP contribution is -2.06. The van der Waals surface area contributed by atoms with E-state index in [9.17, 15) is 17.6 Å². The molecule has 0 amide bonds. The average molecular weight is 291 g/mol. The van der Waals surface area contributed by atoms with Crippen molar-refractivity contribution in [3.8, 4) is 0 Å². The topological polar surface area (TPSA) is 24.9 Å². The van der Waals surface area contributed by atoms with Crippen LogP contribution in [-0.4, -0.2) is 4.98 Å². The van der Waals surface area contributed by atoms with Gasteiger partial charge in [0.05, 0.1) is 5.02 Å². The largest absolute Gasteiger partial charge is 0.363 e. The van der Waals surface area contributed by atoms with Gasteiger partial charge in [-0.15, -0.1) is 0 Å². The van der Waals surface area contributed by atoms with Gasteiger partial charge in [0.1, 0.15) is 5.82 Å². The maximum Gasteiger partial charge on any atom is 0.251 e. The van der Waals surface area contributed by atoms with Gasteiger partial charge in [-0.3, -0.25) is 0 Å². The third-order valence-corrected chi connectivity index (χ3v) is 2.62. The van der Waals surface area contributed by atoms with Crippen molar-refractivity contribution in [3.05, 3.63) is 58.3 Å². The number of nitrogens with one attached hydrogen (secondary N) is 1. The average Bonchev–Trinajstić information content (AvgIpc) is 2.36. The van der Waals surface area contributed by atoms with Crippen LogP contribution in [0, 0.1) is 23.4 Å². The molecule has 0 saturated heterocycles. The van der Waals surface area contributed by atoms with Crippen LogP contribution in [-0.2, 0) is 6.54 Å². The van der Waals surface area contributed by atoms with Crippen LogP contribution < -0.4 is 5.32 Å². The van der Waals surface area contributed by atoms with Crippen LogP contribution in [0.2, 0.25) is 5.02 Å². The summed E-state index contributed by atoms with van der Waals surface area (Å²) in [5.41, 5.74) is 0.539. The van der Waals surface area contributed by atoms with Crippen molar-refractivity contribution < 1.29 is 17.6 Å². The molecule has 2 rings (SSSR count). The fourth-order valence-electron chi connectivity index (χ4n) is 1.40. The van der Waals surface area contributed by atoms with E-state index in [1.54, 1.807) is 0 Å². The van der Waals surface area contributed by atoms with E-state index in [-0.39, 0.29) is 11.6 Å². The quantitative estimate of drug-likeness (QED) is 0.685. The molecule has 0 aliphatic heterocycles. The zero-order valence-corrected chi connectivity index (χ0v) is 10.1. The van der Waals surface area contributed by atoms with Gasteiger partial charge in [-0.25, -0.2) is 13.2 Å². The molecule has 100 valence electrons. The molecule has 0 fully saturated rings. The van der Waals surface area contributed by atoms with Crippen LogP contribution in [0.5, 0.6) is 0 Å². The Morgan fingerprint density at radius 1 is 1.00 bits per heavy atom. The molecule has 0 saturated carbocycles. The summed E-state index contributed by atoms with van der Waals surface area (Å²) in [7, 11) is 0. The molecule has 0 unspecified atom stereocenters. The number of hydrogen-bond donors (Lipinski definition) is 1. The van der Waals surface area contributed by atoms with Crippen LogP contribution in [0.15, 0.2) is 24.3 Å². The lowest BCUT2D eigenvalue weighted by Gasteiger charge is -2.07. The minimum atomic E-state index is -1.40. The van der Waals surface area contributed by atoms with Gasteiger partial charge in [-0.2, -0.15) is 9.37 Å². The second-order valence-electron chi connectivity index (χ2n) is 3.69. The lowest BCUT2D eigenvalue weighted by molar-refractivity contribution is 0.466. The second-order valence-corrected chi connectivity index (χ2v) is 4.10. The van der Waals surface area contributed by atoms with E-state index < -0.39 is 29.2 Å². The molecule has 1 heterocycles. The number of rotatable bonds is 3. The highest BCUT2D eigenvalue weighted by Crippen LogP contribution is 2.18. The van der Waals surface area contributed by atoms with Crippen LogP contribution in [0.3, 0.4) is 0 Å². The molecular weight excluding hydrogens is 284 g/mol. The molecule has 0 atom stereocenters. The predicted octanol–water partition coefficient (Wildman–Crippen LogP) is 3.90. The fourth-order valence-corrected chi connectivity index (χ4v) is 1.61. The Morgan fingerprint density at radius 3 is 2.42 bits per heavy atom. The Morgan fingerprint density at radius 2 is 1.74 bits per heavy atom. The number of pyridine rings is 1. The zero-order valence-electron chi connectivity index (χ0n) is 9.35. The first kappa shape index (κ1) is 13.6. The number of benzene rings is 1. The highest BCUT2D eigenvalue weighted by atomic mass is 35.5. The van der Waals surface area contributed by atoms with Crippen LogP contribution in [0.25, 0.3) is 0 Å².